The molecule has 0 saturated carbocycles. The van der Waals surface area contributed by atoms with E-state index in [1.54, 1.807) is 0 Å². The highest BCUT2D eigenvalue weighted by atomic mass is 15.2. The van der Waals surface area contributed by atoms with Crippen molar-refractivity contribution in [3.05, 3.63) is 180 Å². The standard InChI is InChI=1S/C44H30N4/c45-27-32-9-7-17-41(48-40-16-6-3-13-37(40)44-33(28-46)10-8-18-42(44)48)43(32)31-21-19-29(20-22-31)30-23-25-34(26-24-30)47-38-14-4-1-11-35(38)36-12-2-5-15-39(36)47/h1-21,23-26,31,37,40H,22H2. The summed E-state index contributed by atoms with van der Waals surface area (Å²) in [6.45, 7) is 0. The number of benzene rings is 5. The van der Waals surface area contributed by atoms with E-state index >= 15 is 0 Å². The van der Waals surface area contributed by atoms with Gasteiger partial charge in [0, 0.05) is 50.8 Å². The quantitative estimate of drug-likeness (QED) is 0.199. The SMILES string of the molecule is N#Cc1cccc(N2c3cccc(C#N)c3C3C=CC=CC32)c1C1C=CC(c2ccc(-n3c4ccccc4c4ccccc43)cc2)=CC1. The maximum atomic E-state index is 10.3. The van der Waals surface area contributed by atoms with E-state index in [4.69, 9.17) is 0 Å². The molecule has 0 saturated heterocycles. The summed E-state index contributed by atoms with van der Waals surface area (Å²) in [6.07, 6.45) is 16.1. The molecule has 9 rings (SSSR count). The van der Waals surface area contributed by atoms with Crippen LogP contribution in [0.4, 0.5) is 11.4 Å². The van der Waals surface area contributed by atoms with Crippen molar-refractivity contribution in [1.29, 1.82) is 10.5 Å². The van der Waals surface area contributed by atoms with Crippen molar-refractivity contribution >= 4 is 38.8 Å². The molecule has 4 nitrogen and oxygen atoms in total. The molecular weight excluding hydrogens is 585 g/mol. The Labute approximate surface area is 279 Å². The third kappa shape index (κ3) is 4.20. The maximum Gasteiger partial charge on any atom is 0.0995 e. The highest BCUT2D eigenvalue weighted by Crippen LogP contribution is 2.51. The second-order valence-electron chi connectivity index (χ2n) is 12.6. The number of para-hydroxylation sites is 2. The van der Waals surface area contributed by atoms with Gasteiger partial charge >= 0.3 is 0 Å². The summed E-state index contributed by atoms with van der Waals surface area (Å²) in [5.41, 5.74) is 11.4. The number of hydrogen-bond donors (Lipinski definition) is 0. The fraction of sp³-hybridized carbons (Fsp3) is 0.0909. The van der Waals surface area contributed by atoms with E-state index in [9.17, 15) is 10.5 Å². The average molecular weight is 615 g/mol. The zero-order valence-electron chi connectivity index (χ0n) is 26.2. The number of nitriles is 2. The second-order valence-corrected chi connectivity index (χ2v) is 12.6. The van der Waals surface area contributed by atoms with Gasteiger partial charge in [-0.05, 0) is 66.1 Å². The number of anilines is 2. The second kappa shape index (κ2) is 11.2. The van der Waals surface area contributed by atoms with Crippen LogP contribution in [0.3, 0.4) is 0 Å². The smallest absolute Gasteiger partial charge is 0.0995 e. The molecule has 5 aromatic carbocycles. The van der Waals surface area contributed by atoms with Gasteiger partial charge in [-0.15, -0.1) is 0 Å². The monoisotopic (exact) mass is 614 g/mol. The van der Waals surface area contributed by atoms with Gasteiger partial charge in [0.1, 0.15) is 0 Å². The summed E-state index contributed by atoms with van der Waals surface area (Å²) < 4.78 is 2.34. The third-order valence-corrected chi connectivity index (χ3v) is 10.2. The fourth-order valence-corrected chi connectivity index (χ4v) is 8.07. The van der Waals surface area contributed by atoms with Gasteiger partial charge < -0.3 is 9.47 Å². The van der Waals surface area contributed by atoms with Crippen LogP contribution < -0.4 is 4.90 Å². The van der Waals surface area contributed by atoms with Crippen LogP contribution in [0.25, 0.3) is 33.1 Å². The van der Waals surface area contributed by atoms with Crippen LogP contribution >= 0.6 is 0 Å². The lowest BCUT2D eigenvalue weighted by Crippen LogP contribution is -2.29. The molecule has 0 amide bonds. The molecule has 2 aliphatic carbocycles. The highest BCUT2D eigenvalue weighted by molar-refractivity contribution is 6.09. The normalized spacial score (nSPS) is 19.2. The molecule has 0 fully saturated rings. The Bertz CT molecular complexity index is 2420. The molecule has 1 aromatic heterocycles. The molecule has 1 aliphatic heterocycles. The van der Waals surface area contributed by atoms with Gasteiger partial charge in [-0.2, -0.15) is 10.5 Å². The molecule has 3 atom stereocenters. The van der Waals surface area contributed by atoms with Gasteiger partial charge in [0.2, 0.25) is 0 Å². The van der Waals surface area contributed by atoms with Crippen molar-refractivity contribution in [2.45, 2.75) is 24.3 Å². The van der Waals surface area contributed by atoms with Gasteiger partial charge in [-0.3, -0.25) is 0 Å². The molecule has 3 unspecified atom stereocenters. The van der Waals surface area contributed by atoms with Crippen LogP contribution in [0.2, 0.25) is 0 Å². The van der Waals surface area contributed by atoms with Crippen molar-refractivity contribution in [3.63, 3.8) is 0 Å². The van der Waals surface area contributed by atoms with E-state index < -0.39 is 0 Å². The number of aromatic nitrogens is 1. The van der Waals surface area contributed by atoms with E-state index in [-0.39, 0.29) is 17.9 Å². The first-order valence-electron chi connectivity index (χ1n) is 16.4. The zero-order valence-corrected chi connectivity index (χ0v) is 26.2. The first-order valence-corrected chi connectivity index (χ1v) is 16.4. The van der Waals surface area contributed by atoms with Crippen LogP contribution in [-0.4, -0.2) is 10.6 Å². The molecule has 4 heteroatoms. The Balaban J connectivity index is 1.06. The first-order chi connectivity index (χ1) is 23.7. The van der Waals surface area contributed by atoms with Crippen LogP contribution in [0.5, 0.6) is 0 Å². The molecule has 6 aromatic rings. The Hall–Kier alpha value is -6.36. The van der Waals surface area contributed by atoms with Gasteiger partial charge in [0.25, 0.3) is 0 Å². The molecular formula is C44H30N4. The number of allylic oxidation sites excluding steroid dienone is 6. The molecule has 0 radical (unpaired) electrons. The number of nitrogens with zero attached hydrogens (tertiary/aromatic N) is 4. The molecule has 0 N–H and O–H groups in total. The minimum Gasteiger partial charge on any atom is -0.333 e. The maximum absolute atomic E-state index is 10.3. The van der Waals surface area contributed by atoms with Crippen molar-refractivity contribution in [2.24, 2.45) is 0 Å². The minimum atomic E-state index is 0.0407. The largest absolute Gasteiger partial charge is 0.333 e. The lowest BCUT2D eigenvalue weighted by Gasteiger charge is -2.32. The summed E-state index contributed by atoms with van der Waals surface area (Å²) in [6, 6.07) is 43.0. The summed E-state index contributed by atoms with van der Waals surface area (Å²) in [5.74, 6) is 0.125. The fourth-order valence-electron chi connectivity index (χ4n) is 8.07. The molecule has 0 spiro atoms. The van der Waals surface area contributed by atoms with E-state index in [2.05, 4.69) is 149 Å². The number of fused-ring (bicyclic) bond motifs is 6. The highest BCUT2D eigenvalue weighted by Gasteiger charge is 2.40. The van der Waals surface area contributed by atoms with E-state index in [0.717, 1.165) is 34.6 Å². The van der Waals surface area contributed by atoms with E-state index in [0.29, 0.717) is 11.1 Å². The predicted molar refractivity (Wildman–Crippen MR) is 195 cm³/mol. The summed E-state index contributed by atoms with van der Waals surface area (Å²) >= 11 is 0. The molecule has 48 heavy (non-hydrogen) atoms. The van der Waals surface area contributed by atoms with Gasteiger partial charge in [-0.25, -0.2) is 0 Å². The average Bonchev–Trinajstić information content (AvgIpc) is 3.68. The Morgan fingerprint density at radius 1 is 0.604 bits per heavy atom. The van der Waals surface area contributed by atoms with Crippen molar-refractivity contribution in [2.75, 3.05) is 4.90 Å². The Kier molecular flexibility index (Phi) is 6.49. The summed E-state index contributed by atoms with van der Waals surface area (Å²) in [4.78, 5) is 2.34. The zero-order chi connectivity index (χ0) is 32.2. The van der Waals surface area contributed by atoms with Crippen LogP contribution in [0.1, 0.15) is 46.1 Å². The van der Waals surface area contributed by atoms with Crippen molar-refractivity contribution < 1.29 is 0 Å². The van der Waals surface area contributed by atoms with Crippen LogP contribution in [-0.2, 0) is 0 Å². The van der Waals surface area contributed by atoms with Gasteiger partial charge in [-0.1, -0.05) is 103 Å². The van der Waals surface area contributed by atoms with Crippen molar-refractivity contribution in [3.8, 4) is 17.8 Å². The molecule has 0 bridgehead atoms. The lowest BCUT2D eigenvalue weighted by atomic mass is 9.84. The van der Waals surface area contributed by atoms with Crippen LogP contribution in [0, 0.1) is 22.7 Å². The Morgan fingerprint density at radius 3 is 1.88 bits per heavy atom. The number of hydrogen-bond acceptors (Lipinski definition) is 3. The minimum absolute atomic E-state index is 0.0407. The summed E-state index contributed by atoms with van der Waals surface area (Å²) in [5, 5.41) is 22.8. The molecule has 2 heterocycles. The van der Waals surface area contributed by atoms with E-state index in [1.807, 2.05) is 24.3 Å². The first kappa shape index (κ1) is 27.9. The number of rotatable bonds is 4. The molecule has 226 valence electrons. The third-order valence-electron chi connectivity index (χ3n) is 10.2. The topological polar surface area (TPSA) is 55.8 Å². The lowest BCUT2D eigenvalue weighted by molar-refractivity contribution is 0.736. The summed E-state index contributed by atoms with van der Waals surface area (Å²) in [7, 11) is 0. The van der Waals surface area contributed by atoms with Gasteiger partial charge in [0.05, 0.1) is 40.3 Å². The molecule has 3 aliphatic rings. The Morgan fingerprint density at radius 2 is 1.23 bits per heavy atom. The predicted octanol–water partition coefficient (Wildman–Crippen LogP) is 10.4. The van der Waals surface area contributed by atoms with E-state index in [1.165, 1.54) is 32.9 Å². The van der Waals surface area contributed by atoms with Gasteiger partial charge in [0.15, 0.2) is 0 Å². The van der Waals surface area contributed by atoms with Crippen molar-refractivity contribution in [1.82, 2.24) is 4.57 Å². The van der Waals surface area contributed by atoms with Crippen LogP contribution in [0.15, 0.2) is 152 Å².